The minimum atomic E-state index is -1.71. The van der Waals surface area contributed by atoms with Crippen LogP contribution in [0.4, 0.5) is 5.82 Å². The van der Waals surface area contributed by atoms with E-state index in [1.807, 2.05) is 0 Å². The van der Waals surface area contributed by atoms with E-state index < -0.39 is 31.0 Å². The molecule has 9 heteroatoms. The monoisotopic (exact) mass is 284 g/mol. The Morgan fingerprint density at radius 3 is 2.50 bits per heavy atom. The van der Waals surface area contributed by atoms with E-state index in [-0.39, 0.29) is 11.5 Å². The maximum atomic E-state index is 10.1. The molecule has 0 aliphatic carbocycles. The van der Waals surface area contributed by atoms with Crippen molar-refractivity contribution in [3.8, 4) is 0 Å². The summed E-state index contributed by atoms with van der Waals surface area (Å²) >= 11 is 0. The van der Waals surface area contributed by atoms with Crippen LogP contribution in [-0.4, -0.2) is 65.0 Å². The lowest BCUT2D eigenvalue weighted by Crippen LogP contribution is -2.43. The minimum Gasteiger partial charge on any atom is -0.394 e. The van der Waals surface area contributed by atoms with E-state index in [2.05, 4.69) is 10.1 Å². The number of rotatable bonds is 5. The second-order valence-electron chi connectivity index (χ2n) is 4.38. The van der Waals surface area contributed by atoms with Crippen LogP contribution in [0.3, 0.4) is 0 Å². The summed E-state index contributed by atoms with van der Waals surface area (Å²) in [5.41, 5.74) is 6.24. The number of nitrogens with zero attached hydrogens (tertiary/aromatic N) is 3. The molecule has 110 valence electrons. The van der Waals surface area contributed by atoms with Crippen molar-refractivity contribution in [3.63, 3.8) is 0 Å². The number of aromatic nitrogens is 3. The van der Waals surface area contributed by atoms with Gasteiger partial charge in [0, 0.05) is 0 Å². The number of nitrogen functional groups attached to an aromatic ring is 1. The van der Waals surface area contributed by atoms with E-state index in [9.17, 15) is 20.4 Å². The van der Waals surface area contributed by atoms with Crippen LogP contribution in [0.25, 0.3) is 5.52 Å². The predicted octanol–water partition coefficient (Wildman–Crippen LogP) is -2.58. The smallest absolute Gasteiger partial charge is 0.151 e. The summed E-state index contributed by atoms with van der Waals surface area (Å²) in [6, 6.07) is 3.02. The van der Waals surface area contributed by atoms with E-state index >= 15 is 0 Å². The van der Waals surface area contributed by atoms with Crippen molar-refractivity contribution in [2.24, 2.45) is 0 Å². The van der Waals surface area contributed by atoms with Gasteiger partial charge in [0.15, 0.2) is 5.82 Å². The molecule has 0 fully saturated rings. The zero-order valence-corrected chi connectivity index (χ0v) is 10.4. The fourth-order valence-electron chi connectivity index (χ4n) is 1.89. The molecule has 7 N–H and O–H groups in total. The van der Waals surface area contributed by atoms with Gasteiger partial charge in [-0.05, 0) is 12.1 Å². The van der Waals surface area contributed by atoms with Gasteiger partial charge in [0.2, 0.25) is 0 Å². The van der Waals surface area contributed by atoms with Crippen LogP contribution in [0, 0.1) is 0 Å². The average molecular weight is 284 g/mol. The molecule has 0 spiro atoms. The zero-order valence-electron chi connectivity index (χ0n) is 10.4. The third-order valence-corrected chi connectivity index (χ3v) is 3.07. The van der Waals surface area contributed by atoms with Crippen molar-refractivity contribution in [2.75, 3.05) is 12.3 Å². The molecular formula is C11H16N4O5. The highest BCUT2D eigenvalue weighted by Crippen LogP contribution is 2.23. The number of aliphatic hydroxyl groups excluding tert-OH is 5. The lowest BCUT2D eigenvalue weighted by atomic mass is 10.0. The minimum absolute atomic E-state index is 0.172. The Morgan fingerprint density at radius 1 is 1.15 bits per heavy atom. The van der Waals surface area contributed by atoms with Gasteiger partial charge in [0.25, 0.3) is 0 Å². The Morgan fingerprint density at radius 2 is 1.85 bits per heavy atom. The largest absolute Gasteiger partial charge is 0.394 e. The van der Waals surface area contributed by atoms with Crippen molar-refractivity contribution in [1.29, 1.82) is 0 Å². The molecule has 2 aromatic heterocycles. The summed E-state index contributed by atoms with van der Waals surface area (Å²) in [5.74, 6) is 0.198. The first kappa shape index (κ1) is 14.6. The van der Waals surface area contributed by atoms with Gasteiger partial charge in [-0.3, -0.25) is 0 Å². The van der Waals surface area contributed by atoms with Crippen molar-refractivity contribution in [3.05, 3.63) is 24.2 Å². The Kier molecular flexibility index (Phi) is 4.16. The molecule has 0 bridgehead atoms. The number of fused-ring (bicyclic) bond motifs is 1. The molecule has 0 aliphatic heterocycles. The van der Waals surface area contributed by atoms with Crippen molar-refractivity contribution in [2.45, 2.75) is 24.4 Å². The van der Waals surface area contributed by atoms with Gasteiger partial charge >= 0.3 is 0 Å². The molecule has 4 atom stereocenters. The SMILES string of the molecule is Nc1ncnn2c([C@H](O)C(O)[C@@H](O)C(O)CO)ccc12. The highest BCUT2D eigenvalue weighted by Gasteiger charge is 2.32. The van der Waals surface area contributed by atoms with Gasteiger partial charge in [-0.2, -0.15) is 5.10 Å². The molecule has 0 aliphatic rings. The lowest BCUT2D eigenvalue weighted by Gasteiger charge is -2.25. The van der Waals surface area contributed by atoms with Crippen molar-refractivity contribution in [1.82, 2.24) is 14.6 Å². The summed E-state index contributed by atoms with van der Waals surface area (Å²) in [4.78, 5) is 3.78. The third-order valence-electron chi connectivity index (χ3n) is 3.07. The summed E-state index contributed by atoms with van der Waals surface area (Å²) in [7, 11) is 0. The third kappa shape index (κ3) is 2.44. The fourth-order valence-corrected chi connectivity index (χ4v) is 1.89. The lowest BCUT2D eigenvalue weighted by molar-refractivity contribution is -0.117. The number of anilines is 1. The van der Waals surface area contributed by atoms with Crippen LogP contribution in [0.15, 0.2) is 18.5 Å². The van der Waals surface area contributed by atoms with Gasteiger partial charge in [-0.1, -0.05) is 0 Å². The summed E-state index contributed by atoms with van der Waals surface area (Å²) in [5, 5.41) is 51.4. The molecule has 2 heterocycles. The molecule has 2 aromatic rings. The molecule has 0 amide bonds. The van der Waals surface area contributed by atoms with E-state index in [0.29, 0.717) is 5.52 Å². The first-order valence-corrected chi connectivity index (χ1v) is 5.88. The Labute approximate surface area is 113 Å². The van der Waals surface area contributed by atoms with Crippen LogP contribution in [0.1, 0.15) is 11.8 Å². The quantitative estimate of drug-likeness (QED) is 0.349. The standard InChI is InChI=1S/C11H16N4O5/c12-11-6-2-1-5(15(6)14-4-13-11)8(18)10(20)9(19)7(17)3-16/h1-2,4,7-10,16-20H,3H2,(H2,12,13,14)/t7?,8-,9-,10?/m0/s1. The van der Waals surface area contributed by atoms with Crippen LogP contribution < -0.4 is 5.73 Å². The van der Waals surface area contributed by atoms with Gasteiger partial charge < -0.3 is 31.3 Å². The summed E-state index contributed by atoms with van der Waals surface area (Å²) in [6.45, 7) is -0.741. The molecule has 2 rings (SSSR count). The molecule has 20 heavy (non-hydrogen) atoms. The van der Waals surface area contributed by atoms with Crippen LogP contribution in [0.5, 0.6) is 0 Å². The normalized spacial score (nSPS) is 17.9. The summed E-state index contributed by atoms with van der Waals surface area (Å²) < 4.78 is 1.27. The molecule has 0 saturated carbocycles. The maximum Gasteiger partial charge on any atom is 0.151 e. The second kappa shape index (κ2) is 5.69. The van der Waals surface area contributed by atoms with E-state index in [0.717, 1.165) is 0 Å². The second-order valence-corrected chi connectivity index (χ2v) is 4.38. The van der Waals surface area contributed by atoms with Crippen LogP contribution in [0.2, 0.25) is 0 Å². The summed E-state index contributed by atoms with van der Waals surface area (Å²) in [6.07, 6.45) is -5.32. The molecule has 2 unspecified atom stereocenters. The Balaban J connectivity index is 2.32. The molecule has 0 saturated heterocycles. The molecular weight excluding hydrogens is 268 g/mol. The first-order chi connectivity index (χ1) is 9.47. The number of nitrogens with two attached hydrogens (primary N) is 1. The highest BCUT2D eigenvalue weighted by atomic mass is 16.4. The Bertz CT molecular complexity index is 589. The topological polar surface area (TPSA) is 157 Å². The van der Waals surface area contributed by atoms with Gasteiger partial charge in [0.05, 0.1) is 12.3 Å². The average Bonchev–Trinajstić information content (AvgIpc) is 2.89. The van der Waals surface area contributed by atoms with Gasteiger partial charge in [0.1, 0.15) is 36.3 Å². The molecule has 9 nitrogen and oxygen atoms in total. The Hall–Kier alpha value is -1.78. The van der Waals surface area contributed by atoms with E-state index in [1.54, 1.807) is 6.07 Å². The predicted molar refractivity (Wildman–Crippen MR) is 67.5 cm³/mol. The number of hydrogen-bond acceptors (Lipinski definition) is 8. The van der Waals surface area contributed by atoms with Gasteiger partial charge in [-0.15, -0.1) is 0 Å². The molecule has 0 aromatic carbocycles. The maximum absolute atomic E-state index is 10.1. The molecule has 0 radical (unpaired) electrons. The van der Waals surface area contributed by atoms with Gasteiger partial charge in [-0.25, -0.2) is 9.50 Å². The fraction of sp³-hybridized carbons (Fsp3) is 0.455. The highest BCUT2D eigenvalue weighted by molar-refractivity contribution is 5.65. The van der Waals surface area contributed by atoms with Crippen molar-refractivity contribution < 1.29 is 25.5 Å². The van der Waals surface area contributed by atoms with Crippen molar-refractivity contribution >= 4 is 11.3 Å². The van der Waals surface area contributed by atoms with Crippen LogP contribution >= 0.6 is 0 Å². The number of hydrogen-bond donors (Lipinski definition) is 6. The number of aliphatic hydroxyl groups is 5. The van der Waals surface area contributed by atoms with Crippen LogP contribution in [-0.2, 0) is 0 Å². The van der Waals surface area contributed by atoms with E-state index in [1.165, 1.54) is 16.9 Å². The van der Waals surface area contributed by atoms with E-state index in [4.69, 9.17) is 10.8 Å². The first-order valence-electron chi connectivity index (χ1n) is 5.88. The zero-order chi connectivity index (χ0) is 14.9.